The van der Waals surface area contributed by atoms with Gasteiger partial charge in [0, 0.05) is 10.2 Å². The van der Waals surface area contributed by atoms with Crippen LogP contribution >= 0.6 is 15.9 Å². The smallest absolute Gasteiger partial charge is 0.265 e. The predicted molar refractivity (Wildman–Crippen MR) is 106 cm³/mol. The Hall–Kier alpha value is -2.91. The first kappa shape index (κ1) is 19.8. The van der Waals surface area contributed by atoms with Gasteiger partial charge in [-0.25, -0.2) is 12.8 Å². The van der Waals surface area contributed by atoms with Gasteiger partial charge in [0.25, 0.3) is 15.9 Å². The Labute approximate surface area is 169 Å². The minimum atomic E-state index is -4.28. The fourth-order valence-corrected chi connectivity index (χ4v) is 3.88. The standard InChI is InChI=1S/C19H14BrFN2O4S/c20-12-6-8-15(9-7-12)27-18-16(19(22)24)10-13(21)11-17(18)28(25,26)23-14-4-2-1-3-5-14/h1-11,23H,(H2,22,24). The van der Waals surface area contributed by atoms with Crippen LogP contribution in [-0.4, -0.2) is 14.3 Å². The molecule has 0 saturated carbocycles. The van der Waals surface area contributed by atoms with E-state index in [1.54, 1.807) is 42.5 Å². The molecule has 9 heteroatoms. The third kappa shape index (κ3) is 4.49. The van der Waals surface area contributed by atoms with E-state index in [4.69, 9.17) is 10.5 Å². The topological polar surface area (TPSA) is 98.5 Å². The Morgan fingerprint density at radius 3 is 2.29 bits per heavy atom. The molecule has 0 bridgehead atoms. The van der Waals surface area contributed by atoms with Gasteiger partial charge in [0.1, 0.15) is 16.5 Å². The number of hydrogen-bond donors (Lipinski definition) is 2. The molecule has 6 nitrogen and oxygen atoms in total. The lowest BCUT2D eigenvalue weighted by Gasteiger charge is -2.16. The molecule has 0 aliphatic heterocycles. The Morgan fingerprint density at radius 1 is 1.04 bits per heavy atom. The highest BCUT2D eigenvalue weighted by Gasteiger charge is 2.27. The minimum absolute atomic E-state index is 0.244. The van der Waals surface area contributed by atoms with Gasteiger partial charge in [-0.1, -0.05) is 34.1 Å². The van der Waals surface area contributed by atoms with Gasteiger partial charge in [0.15, 0.2) is 5.75 Å². The van der Waals surface area contributed by atoms with Crippen molar-refractivity contribution in [2.75, 3.05) is 4.72 Å². The van der Waals surface area contributed by atoms with Crippen molar-refractivity contribution in [2.45, 2.75) is 4.90 Å². The number of halogens is 2. The van der Waals surface area contributed by atoms with Gasteiger partial charge >= 0.3 is 0 Å². The van der Waals surface area contributed by atoms with Crippen molar-refractivity contribution >= 4 is 37.5 Å². The van der Waals surface area contributed by atoms with Crippen LogP contribution in [0.5, 0.6) is 11.5 Å². The minimum Gasteiger partial charge on any atom is -0.455 e. The van der Waals surface area contributed by atoms with Gasteiger partial charge in [-0.2, -0.15) is 0 Å². The number of para-hydroxylation sites is 1. The van der Waals surface area contributed by atoms with Crippen LogP contribution in [0.25, 0.3) is 0 Å². The molecule has 0 unspecified atom stereocenters. The number of amides is 1. The highest BCUT2D eigenvalue weighted by molar-refractivity contribution is 9.10. The number of carbonyl (C=O) groups excluding carboxylic acids is 1. The van der Waals surface area contributed by atoms with Crippen molar-refractivity contribution in [2.24, 2.45) is 5.73 Å². The lowest BCUT2D eigenvalue weighted by atomic mass is 10.2. The summed E-state index contributed by atoms with van der Waals surface area (Å²) in [6.45, 7) is 0. The summed E-state index contributed by atoms with van der Waals surface area (Å²) in [6, 6.07) is 16.1. The molecule has 3 aromatic rings. The van der Waals surface area contributed by atoms with Crippen molar-refractivity contribution in [1.29, 1.82) is 0 Å². The molecule has 0 saturated heterocycles. The number of rotatable bonds is 6. The van der Waals surface area contributed by atoms with Crippen molar-refractivity contribution in [3.63, 3.8) is 0 Å². The van der Waals surface area contributed by atoms with Crippen LogP contribution in [0.4, 0.5) is 10.1 Å². The van der Waals surface area contributed by atoms with Crippen LogP contribution < -0.4 is 15.2 Å². The number of nitrogens with two attached hydrogens (primary N) is 1. The predicted octanol–water partition coefficient (Wildman–Crippen LogP) is 4.28. The second-order valence-electron chi connectivity index (χ2n) is 5.67. The number of primary amides is 1. The number of benzene rings is 3. The van der Waals surface area contributed by atoms with Crippen LogP contribution in [0, 0.1) is 5.82 Å². The Morgan fingerprint density at radius 2 is 1.68 bits per heavy atom. The maximum Gasteiger partial charge on any atom is 0.265 e. The van der Waals surface area contributed by atoms with Crippen molar-refractivity contribution in [3.05, 3.63) is 82.6 Å². The molecule has 0 aliphatic rings. The molecular weight excluding hydrogens is 451 g/mol. The highest BCUT2D eigenvalue weighted by atomic mass is 79.9. The van der Waals surface area contributed by atoms with E-state index in [1.165, 1.54) is 12.1 Å². The number of nitrogens with one attached hydrogen (secondary N) is 1. The molecule has 144 valence electrons. The Bertz CT molecular complexity index is 1120. The second kappa shape index (κ2) is 7.99. The molecule has 3 rings (SSSR count). The fourth-order valence-electron chi connectivity index (χ4n) is 2.39. The van der Waals surface area contributed by atoms with Crippen LogP contribution in [0.1, 0.15) is 10.4 Å². The SMILES string of the molecule is NC(=O)c1cc(F)cc(S(=O)(=O)Nc2ccccc2)c1Oc1ccc(Br)cc1. The van der Waals surface area contributed by atoms with Crippen LogP contribution in [0.15, 0.2) is 76.1 Å². The maximum atomic E-state index is 14.1. The van der Waals surface area contributed by atoms with Crippen molar-refractivity contribution in [3.8, 4) is 11.5 Å². The largest absolute Gasteiger partial charge is 0.455 e. The quantitative estimate of drug-likeness (QED) is 0.568. The summed E-state index contributed by atoms with van der Waals surface area (Å²) in [7, 11) is -4.28. The first-order valence-electron chi connectivity index (χ1n) is 7.91. The van der Waals surface area contributed by atoms with E-state index in [-0.39, 0.29) is 17.2 Å². The molecule has 0 aliphatic carbocycles. The highest BCUT2D eigenvalue weighted by Crippen LogP contribution is 2.35. The zero-order valence-corrected chi connectivity index (χ0v) is 16.6. The molecule has 0 radical (unpaired) electrons. The summed E-state index contributed by atoms with van der Waals surface area (Å²) in [6.07, 6.45) is 0. The van der Waals surface area contributed by atoms with Gasteiger partial charge in [0.2, 0.25) is 0 Å². The average Bonchev–Trinajstić information content (AvgIpc) is 2.64. The van der Waals surface area contributed by atoms with Gasteiger partial charge in [-0.3, -0.25) is 9.52 Å². The summed E-state index contributed by atoms with van der Waals surface area (Å²) >= 11 is 3.28. The second-order valence-corrected chi connectivity index (χ2v) is 8.24. The first-order valence-corrected chi connectivity index (χ1v) is 10.2. The molecule has 1 amide bonds. The number of ether oxygens (including phenoxy) is 1. The van der Waals surface area contributed by atoms with Gasteiger partial charge in [-0.15, -0.1) is 0 Å². The summed E-state index contributed by atoms with van der Waals surface area (Å²) in [5, 5.41) is 0. The third-order valence-corrected chi connectivity index (χ3v) is 5.55. The number of anilines is 1. The summed E-state index contributed by atoms with van der Waals surface area (Å²) in [5.74, 6) is -2.08. The number of sulfonamides is 1. The normalized spacial score (nSPS) is 11.1. The van der Waals surface area contributed by atoms with E-state index in [0.717, 1.165) is 16.6 Å². The zero-order chi connectivity index (χ0) is 20.3. The zero-order valence-electron chi connectivity index (χ0n) is 14.2. The van der Waals surface area contributed by atoms with E-state index in [1.807, 2.05) is 0 Å². The van der Waals surface area contributed by atoms with E-state index >= 15 is 0 Å². The molecule has 0 fully saturated rings. The van der Waals surface area contributed by atoms with Gasteiger partial charge in [0.05, 0.1) is 5.56 Å². The molecule has 3 N–H and O–H groups in total. The average molecular weight is 465 g/mol. The molecule has 0 spiro atoms. The molecular formula is C19H14BrFN2O4S. The van der Waals surface area contributed by atoms with Crippen LogP contribution in [0.2, 0.25) is 0 Å². The molecule has 0 aromatic heterocycles. The van der Waals surface area contributed by atoms with Crippen LogP contribution in [-0.2, 0) is 10.0 Å². The Balaban J connectivity index is 2.13. The lowest BCUT2D eigenvalue weighted by molar-refractivity contribution is 0.0997. The third-order valence-electron chi connectivity index (χ3n) is 3.63. The fraction of sp³-hybridized carbons (Fsp3) is 0. The van der Waals surface area contributed by atoms with E-state index < -0.39 is 32.2 Å². The lowest BCUT2D eigenvalue weighted by Crippen LogP contribution is -2.18. The van der Waals surface area contributed by atoms with Crippen molar-refractivity contribution < 1.29 is 22.3 Å². The van der Waals surface area contributed by atoms with Gasteiger partial charge in [-0.05, 0) is 48.5 Å². The van der Waals surface area contributed by atoms with Crippen molar-refractivity contribution in [1.82, 2.24) is 0 Å². The molecule has 3 aromatic carbocycles. The van der Waals surface area contributed by atoms with Crippen LogP contribution in [0.3, 0.4) is 0 Å². The first-order chi connectivity index (χ1) is 13.3. The summed E-state index contributed by atoms with van der Waals surface area (Å²) in [4.78, 5) is 11.3. The van der Waals surface area contributed by atoms with E-state index in [2.05, 4.69) is 20.7 Å². The van der Waals surface area contributed by atoms with E-state index in [9.17, 15) is 17.6 Å². The maximum absolute atomic E-state index is 14.1. The Kier molecular flexibility index (Phi) is 5.66. The summed E-state index contributed by atoms with van der Waals surface area (Å²) in [5.41, 5.74) is 5.19. The molecule has 28 heavy (non-hydrogen) atoms. The monoisotopic (exact) mass is 464 g/mol. The summed E-state index contributed by atoms with van der Waals surface area (Å²) < 4.78 is 48.5. The molecule has 0 atom stereocenters. The van der Waals surface area contributed by atoms with Gasteiger partial charge < -0.3 is 10.5 Å². The molecule has 0 heterocycles. The number of hydrogen-bond acceptors (Lipinski definition) is 4. The van der Waals surface area contributed by atoms with E-state index in [0.29, 0.717) is 0 Å². The number of carbonyl (C=O) groups is 1.